The number of nitrogens with one attached hydrogen (secondary N) is 1. The number of ether oxygens (including phenoxy) is 2. The number of rotatable bonds is 6. The van der Waals surface area contributed by atoms with Gasteiger partial charge in [-0.15, -0.1) is 0 Å². The van der Waals surface area contributed by atoms with Gasteiger partial charge in [0.05, 0.1) is 11.7 Å². The van der Waals surface area contributed by atoms with Crippen molar-refractivity contribution < 1.29 is 23.0 Å². The van der Waals surface area contributed by atoms with Crippen LogP contribution in [0.3, 0.4) is 0 Å². The van der Waals surface area contributed by atoms with Crippen molar-refractivity contribution in [2.24, 2.45) is 11.8 Å². The fourth-order valence-corrected chi connectivity index (χ4v) is 4.84. The molecule has 0 bridgehead atoms. The molecule has 8 heteroatoms. The van der Waals surface area contributed by atoms with Crippen LogP contribution in [-0.2, 0) is 4.74 Å². The highest BCUT2D eigenvalue weighted by Crippen LogP contribution is 2.52. The zero-order valence-corrected chi connectivity index (χ0v) is 18.5. The molecule has 2 atom stereocenters. The molecular formula is C24H27F2N3O3. The number of methoxy groups -OCH3 is 1. The third-order valence-corrected chi connectivity index (χ3v) is 6.80. The average Bonchev–Trinajstić information content (AvgIpc) is 3.33. The van der Waals surface area contributed by atoms with Crippen molar-refractivity contribution >= 4 is 17.4 Å². The van der Waals surface area contributed by atoms with E-state index in [0.29, 0.717) is 30.7 Å². The average molecular weight is 443 g/mol. The van der Waals surface area contributed by atoms with Crippen LogP contribution in [0, 0.1) is 30.4 Å². The minimum absolute atomic E-state index is 0.0207. The van der Waals surface area contributed by atoms with Gasteiger partial charge in [0.15, 0.2) is 17.4 Å². The minimum atomic E-state index is -0.821. The second-order valence-corrected chi connectivity index (χ2v) is 9.59. The van der Waals surface area contributed by atoms with E-state index < -0.39 is 17.5 Å². The highest BCUT2D eigenvalue weighted by atomic mass is 19.1. The van der Waals surface area contributed by atoms with Gasteiger partial charge >= 0.3 is 0 Å². The van der Waals surface area contributed by atoms with Gasteiger partial charge in [-0.2, -0.15) is 0 Å². The molecule has 1 aromatic carbocycles. The van der Waals surface area contributed by atoms with E-state index in [1.165, 1.54) is 6.42 Å². The van der Waals surface area contributed by atoms with E-state index in [1.54, 1.807) is 13.2 Å². The zero-order valence-electron chi connectivity index (χ0n) is 18.5. The van der Waals surface area contributed by atoms with E-state index >= 15 is 0 Å². The number of hydrogen-bond acceptors (Lipinski definition) is 5. The lowest BCUT2D eigenvalue weighted by Gasteiger charge is -2.47. The van der Waals surface area contributed by atoms with E-state index in [-0.39, 0.29) is 28.8 Å². The summed E-state index contributed by atoms with van der Waals surface area (Å²) in [5.41, 5.74) is 0.831. The number of anilines is 2. The van der Waals surface area contributed by atoms with Crippen LogP contribution in [0.4, 0.5) is 20.3 Å². The lowest BCUT2D eigenvalue weighted by Crippen LogP contribution is -2.61. The standard InChI is InChI=1S/C24H27F2N3O3/c1-13-4-20(28-21(5-13)29-11-24(2,12-29)31-3)23(30)27-16-9-18(25)22(19(26)10-16)32-17-7-14-6-15(14)8-17/h4-5,9-10,14-15,17H,6-8,11-12H2,1-3H3,(H,27,30). The molecule has 0 radical (unpaired) electrons. The summed E-state index contributed by atoms with van der Waals surface area (Å²) in [4.78, 5) is 19.2. The predicted octanol–water partition coefficient (Wildman–Crippen LogP) is 4.32. The van der Waals surface area contributed by atoms with Crippen LogP contribution in [-0.4, -0.2) is 42.8 Å². The molecule has 3 fully saturated rings. The molecule has 2 aromatic rings. The molecule has 170 valence electrons. The molecule has 1 amide bonds. The molecule has 2 unspecified atom stereocenters. The molecule has 6 nitrogen and oxygen atoms in total. The van der Waals surface area contributed by atoms with Crippen molar-refractivity contribution in [3.05, 3.63) is 47.2 Å². The smallest absolute Gasteiger partial charge is 0.274 e. The fourth-order valence-electron chi connectivity index (χ4n) is 4.84. The van der Waals surface area contributed by atoms with Gasteiger partial charge in [-0.1, -0.05) is 0 Å². The Bertz CT molecular complexity index is 1040. The van der Waals surface area contributed by atoms with Crippen molar-refractivity contribution in [3.8, 4) is 5.75 Å². The molecule has 2 aliphatic carbocycles. The summed E-state index contributed by atoms with van der Waals surface area (Å²) >= 11 is 0. The molecule has 5 rings (SSSR count). The maximum absolute atomic E-state index is 14.6. The number of carbonyl (C=O) groups excluding carboxylic acids is 1. The van der Waals surface area contributed by atoms with Gasteiger partial charge in [0.25, 0.3) is 5.91 Å². The van der Waals surface area contributed by atoms with Gasteiger partial charge in [-0.3, -0.25) is 4.79 Å². The minimum Gasteiger partial charge on any atom is -0.484 e. The fraction of sp³-hybridized carbons (Fsp3) is 0.500. The summed E-state index contributed by atoms with van der Waals surface area (Å²) < 4.78 is 40.2. The molecule has 1 aliphatic heterocycles. The number of carbonyl (C=O) groups is 1. The maximum Gasteiger partial charge on any atom is 0.274 e. The molecule has 2 saturated carbocycles. The van der Waals surface area contributed by atoms with Crippen LogP contribution in [0.1, 0.15) is 42.2 Å². The maximum atomic E-state index is 14.6. The van der Waals surface area contributed by atoms with Crippen molar-refractivity contribution in [2.45, 2.75) is 44.8 Å². The van der Waals surface area contributed by atoms with Gasteiger partial charge in [0.1, 0.15) is 11.5 Å². The summed E-state index contributed by atoms with van der Waals surface area (Å²) in [7, 11) is 1.67. The topological polar surface area (TPSA) is 63.7 Å². The first kappa shape index (κ1) is 21.1. The van der Waals surface area contributed by atoms with E-state index in [0.717, 1.165) is 30.5 Å². The van der Waals surface area contributed by atoms with Gasteiger partial charge in [-0.05, 0) is 62.6 Å². The summed E-state index contributed by atoms with van der Waals surface area (Å²) in [6, 6.07) is 5.71. The third kappa shape index (κ3) is 4.03. The Balaban J connectivity index is 1.28. The Labute approximate surface area is 185 Å². The van der Waals surface area contributed by atoms with Crippen LogP contribution >= 0.6 is 0 Å². The third-order valence-electron chi connectivity index (χ3n) is 6.80. The Morgan fingerprint density at radius 3 is 2.41 bits per heavy atom. The molecule has 1 aromatic heterocycles. The first-order valence-electron chi connectivity index (χ1n) is 11.0. The number of halogens is 2. The number of amides is 1. The van der Waals surface area contributed by atoms with Gasteiger partial charge in [0, 0.05) is 38.0 Å². The molecule has 1 saturated heterocycles. The molecule has 0 spiro atoms. The number of nitrogens with zero attached hydrogens (tertiary/aromatic N) is 2. The quantitative estimate of drug-likeness (QED) is 0.720. The van der Waals surface area contributed by atoms with E-state index in [4.69, 9.17) is 9.47 Å². The van der Waals surface area contributed by atoms with Crippen LogP contribution in [0.2, 0.25) is 0 Å². The summed E-state index contributed by atoms with van der Waals surface area (Å²) in [6.07, 6.45) is 2.77. The first-order valence-corrected chi connectivity index (χ1v) is 11.0. The molecule has 1 N–H and O–H groups in total. The normalized spacial score (nSPS) is 25.2. The van der Waals surface area contributed by atoms with Gasteiger partial charge < -0.3 is 19.7 Å². The Hall–Kier alpha value is -2.74. The molecule has 32 heavy (non-hydrogen) atoms. The monoisotopic (exact) mass is 443 g/mol. The number of benzene rings is 1. The second kappa shape index (κ2) is 7.69. The SMILES string of the molecule is COC1(C)CN(c2cc(C)cc(C(=O)Nc3cc(F)c(OC4CC5CC5C4)c(F)c3)n2)C1. The Morgan fingerprint density at radius 2 is 1.78 bits per heavy atom. The number of fused-ring (bicyclic) bond motifs is 1. The molecule has 3 aliphatic rings. The van der Waals surface area contributed by atoms with E-state index in [1.807, 2.05) is 24.8 Å². The number of aryl methyl sites for hydroxylation is 1. The van der Waals surface area contributed by atoms with Crippen LogP contribution in [0.25, 0.3) is 0 Å². The van der Waals surface area contributed by atoms with E-state index in [2.05, 4.69) is 10.3 Å². The van der Waals surface area contributed by atoms with Crippen molar-refractivity contribution in [1.29, 1.82) is 0 Å². The number of hydrogen-bond donors (Lipinski definition) is 1. The largest absolute Gasteiger partial charge is 0.484 e. The number of pyridine rings is 1. The number of aromatic nitrogens is 1. The lowest BCUT2D eigenvalue weighted by atomic mass is 9.96. The van der Waals surface area contributed by atoms with Crippen LogP contribution in [0.5, 0.6) is 5.75 Å². The summed E-state index contributed by atoms with van der Waals surface area (Å²) in [5.74, 6) is -0.582. The van der Waals surface area contributed by atoms with Crippen molar-refractivity contribution in [2.75, 3.05) is 30.4 Å². The molecule has 2 heterocycles. The molecular weight excluding hydrogens is 416 g/mol. The highest BCUT2D eigenvalue weighted by molar-refractivity contribution is 6.03. The van der Waals surface area contributed by atoms with Gasteiger partial charge in [-0.25, -0.2) is 13.8 Å². The summed E-state index contributed by atoms with van der Waals surface area (Å²) in [5, 5.41) is 2.55. The van der Waals surface area contributed by atoms with Gasteiger partial charge in [0.2, 0.25) is 0 Å². The Kier molecular flexibility index (Phi) is 5.08. The lowest BCUT2D eigenvalue weighted by molar-refractivity contribution is -0.0171. The van der Waals surface area contributed by atoms with E-state index in [9.17, 15) is 13.6 Å². The highest BCUT2D eigenvalue weighted by Gasteiger charge is 2.47. The van der Waals surface area contributed by atoms with Crippen molar-refractivity contribution in [3.63, 3.8) is 0 Å². The van der Waals surface area contributed by atoms with Crippen LogP contribution in [0.15, 0.2) is 24.3 Å². The second-order valence-electron chi connectivity index (χ2n) is 9.59. The van der Waals surface area contributed by atoms with Crippen LogP contribution < -0.4 is 15.0 Å². The zero-order chi connectivity index (χ0) is 22.6. The van der Waals surface area contributed by atoms with Crippen molar-refractivity contribution in [1.82, 2.24) is 4.98 Å². The first-order chi connectivity index (χ1) is 15.2. The summed E-state index contributed by atoms with van der Waals surface area (Å²) in [6.45, 7) is 5.22. The Morgan fingerprint density at radius 1 is 1.12 bits per heavy atom. The predicted molar refractivity (Wildman–Crippen MR) is 116 cm³/mol.